The van der Waals surface area contributed by atoms with Gasteiger partial charge in [0.1, 0.15) is 5.69 Å². The van der Waals surface area contributed by atoms with Crippen LogP contribution in [0.4, 0.5) is 11.4 Å². The Morgan fingerprint density at radius 3 is 2.44 bits per heavy atom. The van der Waals surface area contributed by atoms with Crippen molar-refractivity contribution in [3.05, 3.63) is 91.2 Å². The van der Waals surface area contributed by atoms with E-state index in [-0.39, 0.29) is 11.4 Å². The van der Waals surface area contributed by atoms with E-state index in [1.54, 1.807) is 18.2 Å². The number of nitrogens with zero attached hydrogens (tertiary/aromatic N) is 4. The monoisotopic (exact) mass is 520 g/mol. The fourth-order valence-corrected chi connectivity index (χ4v) is 4.84. The van der Waals surface area contributed by atoms with Gasteiger partial charge >= 0.3 is 0 Å². The van der Waals surface area contributed by atoms with E-state index in [0.717, 1.165) is 21.5 Å². The summed E-state index contributed by atoms with van der Waals surface area (Å²) < 4.78 is 7.19. The molecule has 0 N–H and O–H groups in total. The average Bonchev–Trinajstić information content (AvgIpc) is 2.85. The lowest BCUT2D eigenvalue weighted by Gasteiger charge is -2.30. The maximum Gasteiger partial charge on any atom is 0.296 e. The lowest BCUT2D eigenvalue weighted by molar-refractivity contribution is -0.384. The summed E-state index contributed by atoms with van der Waals surface area (Å²) in [5.74, 6) is 0. The number of anilines is 1. The highest BCUT2D eigenvalue weighted by molar-refractivity contribution is 9.10. The van der Waals surface area contributed by atoms with Gasteiger partial charge in [0, 0.05) is 34.6 Å². The number of aromatic nitrogens is 2. The molecule has 0 radical (unpaired) electrons. The molecule has 1 fully saturated rings. The third-order valence-electron chi connectivity index (χ3n) is 5.92. The van der Waals surface area contributed by atoms with Gasteiger partial charge in [0.15, 0.2) is 0 Å². The first-order valence-electron chi connectivity index (χ1n) is 10.8. The molecule has 0 aliphatic carbocycles. The number of hydrogen-bond donors (Lipinski definition) is 0. The van der Waals surface area contributed by atoms with Crippen molar-refractivity contribution in [1.29, 1.82) is 0 Å². The zero-order chi connectivity index (χ0) is 23.8. The first kappa shape index (κ1) is 22.2. The molecule has 0 spiro atoms. The van der Waals surface area contributed by atoms with Crippen molar-refractivity contribution < 1.29 is 9.66 Å². The minimum absolute atomic E-state index is 0.124. The van der Waals surface area contributed by atoms with Crippen molar-refractivity contribution in [3.8, 4) is 16.9 Å². The Bertz CT molecular complexity index is 1480. The minimum Gasteiger partial charge on any atom is -0.378 e. The van der Waals surface area contributed by atoms with Crippen LogP contribution in [0.25, 0.3) is 27.7 Å². The van der Waals surface area contributed by atoms with E-state index in [2.05, 4.69) is 25.9 Å². The summed E-state index contributed by atoms with van der Waals surface area (Å²) in [6, 6.07) is 18.1. The molecule has 8 nitrogen and oxygen atoms in total. The van der Waals surface area contributed by atoms with Crippen LogP contribution in [0.1, 0.15) is 5.56 Å². The smallest absolute Gasteiger partial charge is 0.296 e. The summed E-state index contributed by atoms with van der Waals surface area (Å²) in [4.78, 5) is 27.2. The van der Waals surface area contributed by atoms with Crippen LogP contribution in [-0.2, 0) is 4.74 Å². The van der Waals surface area contributed by atoms with Gasteiger partial charge in [-0.05, 0) is 41.1 Å². The molecule has 4 aromatic rings. The van der Waals surface area contributed by atoms with Crippen molar-refractivity contribution in [1.82, 2.24) is 9.78 Å². The highest BCUT2D eigenvalue weighted by Crippen LogP contribution is 2.36. The Labute approximate surface area is 203 Å². The van der Waals surface area contributed by atoms with Gasteiger partial charge in [-0.15, -0.1) is 0 Å². The van der Waals surface area contributed by atoms with E-state index < -0.39 is 10.5 Å². The summed E-state index contributed by atoms with van der Waals surface area (Å²) in [6.07, 6.45) is 0. The molecule has 2 heterocycles. The van der Waals surface area contributed by atoms with Crippen LogP contribution >= 0.6 is 15.9 Å². The number of nitro benzene ring substituents is 1. The Hall–Kier alpha value is -3.56. The van der Waals surface area contributed by atoms with Gasteiger partial charge in [0.2, 0.25) is 0 Å². The molecule has 3 aromatic carbocycles. The van der Waals surface area contributed by atoms with Crippen molar-refractivity contribution in [2.75, 3.05) is 31.2 Å². The standard InChI is InChI=1S/C25H21BrN4O4/c1-16-5-4-6-17(13-16)24-18-7-2-3-8-19(18)25(31)29(27-24)22-15-21(28-9-11-34-12-10-28)20(26)14-23(22)30(32)33/h2-8,13-15H,9-12H2,1H3. The van der Waals surface area contributed by atoms with E-state index >= 15 is 0 Å². The molecule has 5 rings (SSSR count). The highest BCUT2D eigenvalue weighted by Gasteiger charge is 2.25. The third-order valence-corrected chi connectivity index (χ3v) is 6.55. The van der Waals surface area contributed by atoms with Crippen molar-refractivity contribution in [2.24, 2.45) is 0 Å². The first-order chi connectivity index (χ1) is 16.4. The molecule has 9 heteroatoms. The molecule has 1 saturated heterocycles. The summed E-state index contributed by atoms with van der Waals surface area (Å²) >= 11 is 3.48. The maximum atomic E-state index is 13.6. The van der Waals surface area contributed by atoms with Gasteiger partial charge in [0.25, 0.3) is 11.2 Å². The molecule has 172 valence electrons. The molecule has 1 aliphatic rings. The lowest BCUT2D eigenvalue weighted by Crippen LogP contribution is -2.36. The zero-order valence-electron chi connectivity index (χ0n) is 18.4. The number of aryl methyl sites for hydroxylation is 1. The van der Waals surface area contributed by atoms with Gasteiger partial charge in [-0.25, -0.2) is 0 Å². The van der Waals surface area contributed by atoms with Crippen LogP contribution < -0.4 is 10.5 Å². The summed E-state index contributed by atoms with van der Waals surface area (Å²) in [6.45, 7) is 4.39. The molecular formula is C25H21BrN4O4. The predicted octanol–water partition coefficient (Wildman–Crippen LogP) is 4.87. The van der Waals surface area contributed by atoms with Crippen LogP contribution in [0.15, 0.2) is 69.9 Å². The molecular weight excluding hydrogens is 500 g/mol. The largest absolute Gasteiger partial charge is 0.378 e. The second kappa shape index (κ2) is 9.00. The van der Waals surface area contributed by atoms with Crippen molar-refractivity contribution >= 4 is 38.1 Å². The van der Waals surface area contributed by atoms with E-state index in [1.807, 2.05) is 43.3 Å². The second-order valence-corrected chi connectivity index (χ2v) is 8.98. The van der Waals surface area contributed by atoms with Crippen LogP contribution in [0.5, 0.6) is 0 Å². The van der Waals surface area contributed by atoms with E-state index in [1.165, 1.54) is 6.07 Å². The van der Waals surface area contributed by atoms with E-state index in [0.29, 0.717) is 47.2 Å². The lowest BCUT2D eigenvalue weighted by atomic mass is 10.0. The van der Waals surface area contributed by atoms with Crippen molar-refractivity contribution in [2.45, 2.75) is 6.92 Å². The molecule has 1 aromatic heterocycles. The predicted molar refractivity (Wildman–Crippen MR) is 135 cm³/mol. The molecule has 0 amide bonds. The molecule has 34 heavy (non-hydrogen) atoms. The number of morpholine rings is 1. The Kier molecular flexibility index (Phi) is 5.89. The van der Waals surface area contributed by atoms with E-state index in [9.17, 15) is 14.9 Å². The number of benzene rings is 3. The first-order valence-corrected chi connectivity index (χ1v) is 11.6. The SMILES string of the molecule is Cc1cccc(-c2nn(-c3cc(N4CCOCC4)c(Br)cc3[N+](=O)[O-])c(=O)c3ccccc23)c1. The quantitative estimate of drug-likeness (QED) is 0.281. The second-order valence-electron chi connectivity index (χ2n) is 8.13. The number of rotatable bonds is 4. The van der Waals surface area contributed by atoms with Gasteiger partial charge in [-0.1, -0.05) is 42.0 Å². The molecule has 0 bridgehead atoms. The number of fused-ring (bicyclic) bond motifs is 1. The van der Waals surface area contributed by atoms with Crippen LogP contribution in [0.2, 0.25) is 0 Å². The molecule has 1 aliphatic heterocycles. The van der Waals surface area contributed by atoms with Gasteiger partial charge in [0.05, 0.1) is 34.9 Å². The fourth-order valence-electron chi connectivity index (χ4n) is 4.26. The van der Waals surface area contributed by atoms with Crippen LogP contribution in [0, 0.1) is 17.0 Å². The molecule has 0 unspecified atom stereocenters. The van der Waals surface area contributed by atoms with Gasteiger partial charge < -0.3 is 9.64 Å². The summed E-state index contributed by atoms with van der Waals surface area (Å²) in [5, 5.41) is 17.8. The summed E-state index contributed by atoms with van der Waals surface area (Å²) in [7, 11) is 0. The average molecular weight is 521 g/mol. The highest BCUT2D eigenvalue weighted by atomic mass is 79.9. The van der Waals surface area contributed by atoms with Crippen molar-refractivity contribution in [3.63, 3.8) is 0 Å². The van der Waals surface area contributed by atoms with Gasteiger partial charge in [-0.3, -0.25) is 14.9 Å². The summed E-state index contributed by atoms with van der Waals surface area (Å²) in [5.41, 5.74) is 2.73. The molecule has 0 atom stereocenters. The number of halogens is 1. The zero-order valence-corrected chi connectivity index (χ0v) is 20.0. The van der Waals surface area contributed by atoms with Crippen LogP contribution in [-0.4, -0.2) is 41.0 Å². The van der Waals surface area contributed by atoms with Gasteiger partial charge in [-0.2, -0.15) is 9.78 Å². The molecule has 0 saturated carbocycles. The third kappa shape index (κ3) is 3.97. The van der Waals surface area contributed by atoms with Crippen LogP contribution in [0.3, 0.4) is 0 Å². The Morgan fingerprint density at radius 2 is 1.74 bits per heavy atom. The topological polar surface area (TPSA) is 90.5 Å². The minimum atomic E-state index is -0.487. The maximum absolute atomic E-state index is 13.6. The number of hydrogen-bond acceptors (Lipinski definition) is 6. The fraction of sp³-hybridized carbons (Fsp3) is 0.200. The van der Waals surface area contributed by atoms with E-state index in [4.69, 9.17) is 4.74 Å². The Morgan fingerprint density at radius 1 is 1.00 bits per heavy atom. The Balaban J connectivity index is 1.81. The number of nitro groups is 1. The number of ether oxygens (including phenoxy) is 1. The normalized spacial score (nSPS) is 13.9.